The maximum atomic E-state index is 10.7. The fourth-order valence-corrected chi connectivity index (χ4v) is 1.48. The first-order chi connectivity index (χ1) is 6.38. The molecule has 0 bridgehead atoms. The fraction of sp³-hybridized carbons (Fsp3) is 0.250. The molecule has 1 aromatic rings. The number of hydrogen-bond donors (Lipinski definition) is 0. The molecule has 3 nitrogen and oxygen atoms in total. The Morgan fingerprint density at radius 1 is 1.29 bits per heavy atom. The topological polar surface area (TPSA) is 43.4 Å². The molecule has 14 heavy (non-hydrogen) atoms. The van der Waals surface area contributed by atoms with Gasteiger partial charge in [-0.1, -0.05) is 29.3 Å². The Labute approximate surface area is 92.7 Å². The van der Waals surface area contributed by atoms with Crippen LogP contribution in [0.1, 0.15) is 5.56 Å². The molecule has 1 aromatic carbocycles. The summed E-state index contributed by atoms with van der Waals surface area (Å²) in [5.74, 6) is 0. The molecule has 0 spiro atoms. The molecule has 0 N–H and O–H groups in total. The summed E-state index contributed by atoms with van der Waals surface area (Å²) in [5, 5.41) is 0.802. The largest absolute Gasteiger partial charge is 0.265 e. The highest BCUT2D eigenvalue weighted by Gasteiger charge is 2.04. The minimum absolute atomic E-state index is 0.0320. The van der Waals surface area contributed by atoms with E-state index in [1.807, 2.05) is 0 Å². The van der Waals surface area contributed by atoms with Crippen LogP contribution in [0.4, 0.5) is 0 Å². The van der Waals surface area contributed by atoms with E-state index in [4.69, 9.17) is 23.2 Å². The average molecular weight is 255 g/mol. The van der Waals surface area contributed by atoms with Crippen molar-refractivity contribution in [1.29, 1.82) is 0 Å². The van der Waals surface area contributed by atoms with E-state index < -0.39 is 10.1 Å². The van der Waals surface area contributed by atoms with Crippen LogP contribution in [0.2, 0.25) is 10.0 Å². The van der Waals surface area contributed by atoms with Gasteiger partial charge in [-0.15, -0.1) is 0 Å². The van der Waals surface area contributed by atoms with Crippen molar-refractivity contribution >= 4 is 33.3 Å². The summed E-state index contributed by atoms with van der Waals surface area (Å²) in [6, 6.07) is 4.80. The van der Waals surface area contributed by atoms with Crippen LogP contribution < -0.4 is 0 Å². The highest BCUT2D eigenvalue weighted by molar-refractivity contribution is 7.85. The predicted molar refractivity (Wildman–Crippen MR) is 56.1 cm³/mol. The number of halogens is 2. The Bertz CT molecular complexity index is 428. The molecule has 0 aliphatic carbocycles. The quantitative estimate of drug-likeness (QED) is 0.779. The van der Waals surface area contributed by atoms with Crippen LogP contribution in [0, 0.1) is 0 Å². The smallest absolute Gasteiger partial charge is 0.264 e. The molecule has 0 aliphatic rings. The van der Waals surface area contributed by atoms with E-state index in [0.29, 0.717) is 15.6 Å². The summed E-state index contributed by atoms with van der Waals surface area (Å²) in [5.41, 5.74) is 0.657. The second-order valence-corrected chi connectivity index (χ2v) is 5.17. The molecule has 0 fully saturated rings. The molecule has 0 radical (unpaired) electrons. The van der Waals surface area contributed by atoms with Crippen LogP contribution in [-0.4, -0.2) is 14.7 Å². The van der Waals surface area contributed by atoms with Gasteiger partial charge >= 0.3 is 0 Å². The summed E-state index contributed by atoms with van der Waals surface area (Å²) in [6.07, 6.45) is 0.991. The highest BCUT2D eigenvalue weighted by atomic mass is 35.5. The first-order valence-electron chi connectivity index (χ1n) is 3.67. The lowest BCUT2D eigenvalue weighted by Gasteiger charge is -2.02. The third kappa shape index (κ3) is 3.84. The van der Waals surface area contributed by atoms with Crippen molar-refractivity contribution in [2.45, 2.75) is 6.61 Å². The monoisotopic (exact) mass is 254 g/mol. The highest BCUT2D eigenvalue weighted by Crippen LogP contribution is 2.22. The Morgan fingerprint density at radius 2 is 1.93 bits per heavy atom. The standard InChI is InChI=1S/C8H8Cl2O3S/c1-14(11,12)13-5-6-2-3-7(9)8(10)4-6/h2-4H,5H2,1H3. The van der Waals surface area contributed by atoms with E-state index in [9.17, 15) is 8.42 Å². The first-order valence-corrected chi connectivity index (χ1v) is 6.24. The van der Waals surface area contributed by atoms with Gasteiger partial charge in [0.2, 0.25) is 0 Å². The summed E-state index contributed by atoms with van der Waals surface area (Å²) in [6.45, 7) is -0.0320. The van der Waals surface area contributed by atoms with Crippen molar-refractivity contribution in [2.75, 3.05) is 6.26 Å². The summed E-state index contributed by atoms with van der Waals surface area (Å²) in [7, 11) is -3.42. The zero-order valence-corrected chi connectivity index (χ0v) is 9.66. The van der Waals surface area contributed by atoms with Crippen molar-refractivity contribution in [3.63, 3.8) is 0 Å². The average Bonchev–Trinajstić information content (AvgIpc) is 2.06. The summed E-state index contributed by atoms with van der Waals surface area (Å²) >= 11 is 11.4. The molecule has 0 saturated carbocycles. The molecule has 0 saturated heterocycles. The lowest BCUT2D eigenvalue weighted by molar-refractivity contribution is 0.311. The van der Waals surface area contributed by atoms with E-state index in [-0.39, 0.29) is 6.61 Å². The molecule has 0 aliphatic heterocycles. The maximum Gasteiger partial charge on any atom is 0.264 e. The minimum atomic E-state index is -3.42. The Balaban J connectivity index is 2.74. The predicted octanol–water partition coefficient (Wildman–Crippen LogP) is 2.47. The third-order valence-electron chi connectivity index (χ3n) is 1.42. The van der Waals surface area contributed by atoms with Crippen molar-refractivity contribution < 1.29 is 12.6 Å². The van der Waals surface area contributed by atoms with Crippen molar-refractivity contribution in [2.24, 2.45) is 0 Å². The third-order valence-corrected chi connectivity index (χ3v) is 2.71. The lowest BCUT2D eigenvalue weighted by atomic mass is 10.2. The van der Waals surface area contributed by atoms with Gasteiger partial charge in [-0.05, 0) is 17.7 Å². The second-order valence-electron chi connectivity index (χ2n) is 2.71. The molecule has 0 atom stereocenters. The van der Waals surface area contributed by atoms with Gasteiger partial charge in [0.05, 0.1) is 22.9 Å². The SMILES string of the molecule is CS(=O)(=O)OCc1ccc(Cl)c(Cl)c1. The first kappa shape index (κ1) is 11.8. The van der Waals surface area contributed by atoms with E-state index in [1.54, 1.807) is 18.2 Å². The van der Waals surface area contributed by atoms with Gasteiger partial charge in [-0.2, -0.15) is 8.42 Å². The lowest BCUT2D eigenvalue weighted by Crippen LogP contribution is -2.02. The van der Waals surface area contributed by atoms with Crippen molar-refractivity contribution in [3.8, 4) is 0 Å². The second kappa shape index (κ2) is 4.49. The molecular weight excluding hydrogens is 247 g/mol. The number of rotatable bonds is 3. The van der Waals surface area contributed by atoms with Crippen LogP contribution in [-0.2, 0) is 20.9 Å². The molecule has 6 heteroatoms. The number of hydrogen-bond acceptors (Lipinski definition) is 3. The molecule has 0 aromatic heterocycles. The number of benzene rings is 1. The van der Waals surface area contributed by atoms with E-state index >= 15 is 0 Å². The van der Waals surface area contributed by atoms with Gasteiger partial charge in [0.1, 0.15) is 0 Å². The fourth-order valence-electron chi connectivity index (χ4n) is 0.804. The molecule has 0 amide bonds. The zero-order valence-electron chi connectivity index (χ0n) is 7.33. The van der Waals surface area contributed by atoms with Crippen LogP contribution in [0.25, 0.3) is 0 Å². The van der Waals surface area contributed by atoms with Crippen LogP contribution >= 0.6 is 23.2 Å². The van der Waals surface area contributed by atoms with Crippen molar-refractivity contribution in [1.82, 2.24) is 0 Å². The molecule has 1 rings (SSSR count). The Kier molecular flexibility index (Phi) is 3.78. The van der Waals surface area contributed by atoms with Crippen molar-refractivity contribution in [3.05, 3.63) is 33.8 Å². The van der Waals surface area contributed by atoms with E-state index in [0.717, 1.165) is 6.26 Å². The van der Waals surface area contributed by atoms with Gasteiger partial charge < -0.3 is 0 Å². The molecular formula is C8H8Cl2O3S. The van der Waals surface area contributed by atoms with Crippen LogP contribution in [0.5, 0.6) is 0 Å². The van der Waals surface area contributed by atoms with Gasteiger partial charge in [0.15, 0.2) is 0 Å². The van der Waals surface area contributed by atoms with Crippen LogP contribution in [0.15, 0.2) is 18.2 Å². The van der Waals surface area contributed by atoms with Gasteiger partial charge in [0.25, 0.3) is 10.1 Å². The zero-order chi connectivity index (χ0) is 10.8. The molecule has 0 unspecified atom stereocenters. The van der Waals surface area contributed by atoms with E-state index in [1.165, 1.54) is 0 Å². The summed E-state index contributed by atoms with van der Waals surface area (Å²) in [4.78, 5) is 0. The normalized spacial score (nSPS) is 11.6. The molecule has 78 valence electrons. The van der Waals surface area contributed by atoms with E-state index in [2.05, 4.69) is 4.18 Å². The van der Waals surface area contributed by atoms with Gasteiger partial charge in [-0.25, -0.2) is 0 Å². The maximum absolute atomic E-state index is 10.7. The van der Waals surface area contributed by atoms with Crippen LogP contribution in [0.3, 0.4) is 0 Å². The Morgan fingerprint density at radius 3 is 2.43 bits per heavy atom. The molecule has 0 heterocycles. The van der Waals surface area contributed by atoms with Gasteiger partial charge in [0, 0.05) is 0 Å². The minimum Gasteiger partial charge on any atom is -0.265 e. The Hall–Kier alpha value is -0.290. The van der Waals surface area contributed by atoms with Gasteiger partial charge in [-0.3, -0.25) is 4.18 Å². The summed E-state index contributed by atoms with van der Waals surface area (Å²) < 4.78 is 25.9.